The molecule has 2 aromatic carbocycles. The Kier molecular flexibility index (Phi) is 6.95. The molecule has 10 heteroatoms. The first-order chi connectivity index (χ1) is 15.9. The van der Waals surface area contributed by atoms with Crippen molar-refractivity contribution in [1.29, 1.82) is 0 Å². The van der Waals surface area contributed by atoms with Crippen LogP contribution in [0.2, 0.25) is 0 Å². The number of nitrogens with two attached hydrogens (primary N) is 1. The topological polar surface area (TPSA) is 100 Å². The lowest BCUT2D eigenvalue weighted by atomic mass is 10.2. The first-order valence-corrected chi connectivity index (χ1v) is 10.9. The van der Waals surface area contributed by atoms with Crippen LogP contribution >= 0.6 is 0 Å². The van der Waals surface area contributed by atoms with E-state index in [-0.39, 0.29) is 19.0 Å². The molecular weight excluding hydrogens is 429 g/mol. The summed E-state index contributed by atoms with van der Waals surface area (Å²) in [5.74, 6) is -0.619. The molecule has 2 aliphatic heterocycles. The molecule has 3 N–H and O–H groups in total. The van der Waals surface area contributed by atoms with Crippen LogP contribution in [0.5, 0.6) is 0 Å². The lowest BCUT2D eigenvalue weighted by Gasteiger charge is -2.24. The van der Waals surface area contributed by atoms with Crippen LogP contribution in [0, 0.1) is 5.82 Å². The van der Waals surface area contributed by atoms with Crippen LogP contribution in [-0.2, 0) is 20.9 Å². The monoisotopic (exact) mass is 457 g/mol. The van der Waals surface area contributed by atoms with Gasteiger partial charge in [0.25, 0.3) is 0 Å². The summed E-state index contributed by atoms with van der Waals surface area (Å²) in [6.07, 6.45) is -1.03. The number of amides is 2. The summed E-state index contributed by atoms with van der Waals surface area (Å²) < 4.78 is 20.3. The first kappa shape index (κ1) is 22.8. The van der Waals surface area contributed by atoms with Gasteiger partial charge >= 0.3 is 6.09 Å². The number of cyclic esters (lactones) is 1. The van der Waals surface area contributed by atoms with E-state index in [1.165, 1.54) is 17.9 Å². The van der Waals surface area contributed by atoms with Crippen LogP contribution in [0.1, 0.15) is 12.5 Å². The summed E-state index contributed by atoms with van der Waals surface area (Å²) in [6, 6.07) is 12.4. The largest absolute Gasteiger partial charge is 0.442 e. The van der Waals surface area contributed by atoms with Gasteiger partial charge in [-0.25, -0.2) is 9.18 Å². The number of benzene rings is 2. The molecule has 2 aromatic rings. The number of hydrogen-bond donors (Lipinski definition) is 2. The van der Waals surface area contributed by atoms with Gasteiger partial charge in [-0.1, -0.05) is 12.1 Å². The third-order valence-electron chi connectivity index (χ3n) is 5.63. The average molecular weight is 458 g/mol. The van der Waals surface area contributed by atoms with Gasteiger partial charge < -0.3 is 20.7 Å². The molecule has 0 unspecified atom stereocenters. The minimum absolute atomic E-state index is 0.201. The molecule has 0 spiro atoms. The quantitative estimate of drug-likeness (QED) is 0.641. The van der Waals surface area contributed by atoms with Gasteiger partial charge in [0.05, 0.1) is 31.1 Å². The van der Waals surface area contributed by atoms with E-state index in [1.807, 2.05) is 34.2 Å². The summed E-state index contributed by atoms with van der Waals surface area (Å²) in [6.45, 7) is 4.65. The van der Waals surface area contributed by atoms with Gasteiger partial charge in [-0.2, -0.15) is 5.06 Å². The fourth-order valence-corrected chi connectivity index (χ4v) is 3.90. The lowest BCUT2D eigenvalue weighted by molar-refractivity contribution is -0.154. The molecule has 2 saturated heterocycles. The Hall–Kier alpha value is -3.37. The minimum Gasteiger partial charge on any atom is -0.442 e. The molecule has 0 saturated carbocycles. The predicted molar refractivity (Wildman–Crippen MR) is 122 cm³/mol. The van der Waals surface area contributed by atoms with Crippen LogP contribution in [-0.4, -0.2) is 62.5 Å². The molecule has 2 aliphatic rings. The van der Waals surface area contributed by atoms with Gasteiger partial charge in [-0.05, 0) is 35.9 Å². The number of nitrogens with one attached hydrogen (secondary N) is 1. The van der Waals surface area contributed by atoms with Crippen LogP contribution in [0.4, 0.5) is 26.2 Å². The highest BCUT2D eigenvalue weighted by Gasteiger charge is 2.33. The SMILES string of the molecule is CC(=O)NC[C@H]1CN(c2ccc(N3CCON(Cc4ccc(N)cc4)CC3)c(F)c2)C(=O)O1. The third kappa shape index (κ3) is 5.71. The van der Waals surface area contributed by atoms with Crippen molar-refractivity contribution in [1.82, 2.24) is 10.4 Å². The van der Waals surface area contributed by atoms with Crippen molar-refractivity contribution < 1.29 is 23.6 Å². The summed E-state index contributed by atoms with van der Waals surface area (Å²) in [4.78, 5) is 32.4. The average Bonchev–Trinajstić information content (AvgIpc) is 3.01. The smallest absolute Gasteiger partial charge is 0.414 e. The summed E-state index contributed by atoms with van der Waals surface area (Å²) in [7, 11) is 0. The van der Waals surface area contributed by atoms with Crippen LogP contribution in [0.15, 0.2) is 42.5 Å². The van der Waals surface area contributed by atoms with E-state index in [2.05, 4.69) is 5.32 Å². The van der Waals surface area contributed by atoms with Crippen molar-refractivity contribution in [3.63, 3.8) is 0 Å². The van der Waals surface area contributed by atoms with Crippen molar-refractivity contribution >= 4 is 29.1 Å². The number of nitrogen functional groups attached to an aromatic ring is 1. The van der Waals surface area contributed by atoms with Crippen molar-refractivity contribution in [2.75, 3.05) is 54.9 Å². The van der Waals surface area contributed by atoms with Gasteiger partial charge in [-0.3, -0.25) is 14.5 Å². The van der Waals surface area contributed by atoms with Crippen molar-refractivity contribution in [2.24, 2.45) is 0 Å². The van der Waals surface area contributed by atoms with Gasteiger partial charge in [0.2, 0.25) is 5.91 Å². The molecule has 4 rings (SSSR count). The fraction of sp³-hybridized carbons (Fsp3) is 0.391. The third-order valence-corrected chi connectivity index (χ3v) is 5.63. The molecule has 2 fully saturated rings. The van der Waals surface area contributed by atoms with E-state index in [1.54, 1.807) is 12.1 Å². The molecule has 1 atom stereocenters. The normalized spacial score (nSPS) is 19.3. The number of hydroxylamine groups is 2. The van der Waals surface area contributed by atoms with Crippen LogP contribution in [0.3, 0.4) is 0 Å². The van der Waals surface area contributed by atoms with Gasteiger partial charge in [-0.15, -0.1) is 0 Å². The number of nitrogens with zero attached hydrogens (tertiary/aromatic N) is 3. The second-order valence-electron chi connectivity index (χ2n) is 8.11. The number of carbonyl (C=O) groups excluding carboxylic acids is 2. The first-order valence-electron chi connectivity index (χ1n) is 10.9. The molecule has 176 valence electrons. The number of carbonyl (C=O) groups is 2. The Labute approximate surface area is 191 Å². The molecule has 9 nitrogen and oxygen atoms in total. The van der Waals surface area contributed by atoms with Gasteiger partial charge in [0.1, 0.15) is 11.9 Å². The maximum atomic E-state index is 15.0. The minimum atomic E-state index is -0.556. The highest BCUT2D eigenvalue weighted by molar-refractivity contribution is 5.90. The Bertz CT molecular complexity index is 1000. The Morgan fingerprint density at radius 3 is 2.70 bits per heavy atom. The Morgan fingerprint density at radius 2 is 1.97 bits per heavy atom. The number of rotatable bonds is 6. The van der Waals surface area contributed by atoms with Gasteiger partial charge in [0, 0.05) is 38.8 Å². The highest BCUT2D eigenvalue weighted by atomic mass is 19.1. The zero-order valence-corrected chi connectivity index (χ0v) is 18.5. The maximum Gasteiger partial charge on any atom is 0.414 e. The molecule has 0 bridgehead atoms. The second kappa shape index (κ2) is 10.1. The van der Waals surface area contributed by atoms with E-state index in [4.69, 9.17) is 15.3 Å². The summed E-state index contributed by atoms with van der Waals surface area (Å²) >= 11 is 0. The van der Waals surface area contributed by atoms with Crippen LogP contribution in [0.25, 0.3) is 0 Å². The molecule has 0 aromatic heterocycles. The van der Waals surface area contributed by atoms with E-state index in [0.29, 0.717) is 49.8 Å². The van der Waals surface area contributed by atoms with Gasteiger partial charge in [0.15, 0.2) is 0 Å². The predicted octanol–water partition coefficient (Wildman–Crippen LogP) is 2.12. The lowest BCUT2D eigenvalue weighted by Crippen LogP contribution is -2.33. The highest BCUT2D eigenvalue weighted by Crippen LogP contribution is 2.28. The van der Waals surface area contributed by atoms with Crippen LogP contribution < -0.4 is 20.9 Å². The molecule has 2 heterocycles. The zero-order chi connectivity index (χ0) is 23.4. The molecule has 0 radical (unpaired) electrons. The Morgan fingerprint density at radius 1 is 1.18 bits per heavy atom. The van der Waals surface area contributed by atoms with E-state index in [9.17, 15) is 9.59 Å². The molecular formula is C23H28FN5O4. The Balaban J connectivity index is 1.37. The molecule has 33 heavy (non-hydrogen) atoms. The molecule has 2 amide bonds. The summed E-state index contributed by atoms with van der Waals surface area (Å²) in [5.41, 5.74) is 8.42. The number of ether oxygens (including phenoxy) is 1. The van der Waals surface area contributed by atoms with Crippen molar-refractivity contribution in [2.45, 2.75) is 19.6 Å². The van der Waals surface area contributed by atoms with Crippen molar-refractivity contribution in [3.8, 4) is 0 Å². The number of halogens is 1. The number of hydrogen-bond acceptors (Lipinski definition) is 7. The second-order valence-corrected chi connectivity index (χ2v) is 8.11. The zero-order valence-electron chi connectivity index (χ0n) is 18.5. The summed E-state index contributed by atoms with van der Waals surface area (Å²) in [5, 5.41) is 4.49. The standard InChI is InChI=1S/C23H28FN5O4/c1-16(30)26-13-20-15-29(23(31)33-20)19-6-7-22(21(24)12-19)27-8-9-28(32-11-10-27)14-17-2-4-18(25)5-3-17/h2-7,12,20H,8-11,13-15,25H2,1H3,(H,26,30)/t20-/m0/s1. The van der Waals surface area contributed by atoms with E-state index < -0.39 is 18.0 Å². The van der Waals surface area contributed by atoms with E-state index in [0.717, 1.165) is 5.56 Å². The van der Waals surface area contributed by atoms with E-state index >= 15 is 4.39 Å². The number of anilines is 3. The molecule has 0 aliphatic carbocycles. The fourth-order valence-electron chi connectivity index (χ4n) is 3.90. The van der Waals surface area contributed by atoms with Crippen molar-refractivity contribution in [3.05, 3.63) is 53.8 Å². The maximum absolute atomic E-state index is 15.0.